The van der Waals surface area contributed by atoms with Crippen LogP contribution in [0.3, 0.4) is 0 Å². The van der Waals surface area contributed by atoms with E-state index in [0.717, 1.165) is 5.56 Å². The van der Waals surface area contributed by atoms with E-state index in [1.54, 1.807) is 36.4 Å². The zero-order valence-electron chi connectivity index (χ0n) is 13.7. The molecule has 0 fully saturated rings. The van der Waals surface area contributed by atoms with Crippen LogP contribution in [0.5, 0.6) is 11.5 Å². The Kier molecular flexibility index (Phi) is 6.67. The van der Waals surface area contributed by atoms with Crippen molar-refractivity contribution < 1.29 is 19.1 Å². The maximum atomic E-state index is 12.1. The molecule has 132 valence electrons. The SMILES string of the molecule is COc1cc(C=O)ccc1OCC(=O)NC(C)c1ccc(Cl)c(Cl)c1. The van der Waals surface area contributed by atoms with Gasteiger partial charge in [-0.2, -0.15) is 0 Å². The van der Waals surface area contributed by atoms with E-state index in [-0.39, 0.29) is 18.6 Å². The number of hydrogen-bond donors (Lipinski definition) is 1. The normalized spacial score (nSPS) is 11.5. The lowest BCUT2D eigenvalue weighted by atomic mass is 10.1. The molecule has 7 heteroatoms. The van der Waals surface area contributed by atoms with Crippen LogP contribution in [-0.2, 0) is 4.79 Å². The molecule has 25 heavy (non-hydrogen) atoms. The Hall–Kier alpha value is -2.24. The van der Waals surface area contributed by atoms with E-state index in [1.807, 2.05) is 6.92 Å². The molecule has 0 heterocycles. The number of aldehydes is 1. The summed E-state index contributed by atoms with van der Waals surface area (Å²) in [5.74, 6) is 0.459. The average molecular weight is 382 g/mol. The van der Waals surface area contributed by atoms with Crippen LogP contribution in [0.4, 0.5) is 0 Å². The van der Waals surface area contributed by atoms with Crippen molar-refractivity contribution in [3.05, 3.63) is 57.6 Å². The Balaban J connectivity index is 1.96. The molecule has 1 amide bonds. The van der Waals surface area contributed by atoms with Gasteiger partial charge in [-0.1, -0.05) is 29.3 Å². The minimum absolute atomic E-state index is 0.192. The highest BCUT2D eigenvalue weighted by Gasteiger charge is 2.13. The van der Waals surface area contributed by atoms with Gasteiger partial charge < -0.3 is 14.8 Å². The summed E-state index contributed by atoms with van der Waals surface area (Å²) in [6, 6.07) is 9.62. The van der Waals surface area contributed by atoms with Gasteiger partial charge in [-0.05, 0) is 42.8 Å². The van der Waals surface area contributed by atoms with Crippen LogP contribution in [-0.4, -0.2) is 25.9 Å². The topological polar surface area (TPSA) is 64.6 Å². The second kappa shape index (κ2) is 8.74. The maximum absolute atomic E-state index is 12.1. The third kappa shape index (κ3) is 5.11. The number of halogens is 2. The van der Waals surface area contributed by atoms with Gasteiger partial charge >= 0.3 is 0 Å². The highest BCUT2D eigenvalue weighted by Crippen LogP contribution is 2.28. The molecule has 0 aliphatic rings. The quantitative estimate of drug-likeness (QED) is 0.734. The number of rotatable bonds is 7. The summed E-state index contributed by atoms with van der Waals surface area (Å²) in [7, 11) is 1.46. The molecule has 0 radical (unpaired) electrons. The number of methoxy groups -OCH3 is 1. The summed E-state index contributed by atoms with van der Waals surface area (Å²) in [4.78, 5) is 22.9. The summed E-state index contributed by atoms with van der Waals surface area (Å²) in [6.45, 7) is 1.64. The minimum atomic E-state index is -0.305. The zero-order chi connectivity index (χ0) is 18.4. The second-order valence-electron chi connectivity index (χ2n) is 5.28. The Bertz CT molecular complexity index is 780. The van der Waals surface area contributed by atoms with Crippen molar-refractivity contribution in [3.63, 3.8) is 0 Å². The standard InChI is InChI=1S/C18H17Cl2NO4/c1-11(13-4-5-14(19)15(20)8-13)21-18(23)10-25-16-6-3-12(9-22)7-17(16)24-2/h3-9,11H,10H2,1-2H3,(H,21,23). The number of carbonyl (C=O) groups is 2. The van der Waals surface area contributed by atoms with Gasteiger partial charge in [0, 0.05) is 5.56 Å². The van der Waals surface area contributed by atoms with Crippen molar-refractivity contribution in [2.24, 2.45) is 0 Å². The van der Waals surface area contributed by atoms with Gasteiger partial charge in [-0.25, -0.2) is 0 Å². The van der Waals surface area contributed by atoms with E-state index < -0.39 is 0 Å². The lowest BCUT2D eigenvalue weighted by Gasteiger charge is -2.16. The smallest absolute Gasteiger partial charge is 0.258 e. The lowest BCUT2D eigenvalue weighted by Crippen LogP contribution is -2.31. The number of benzene rings is 2. The summed E-state index contributed by atoms with van der Waals surface area (Å²) in [5, 5.41) is 3.69. The van der Waals surface area contributed by atoms with Crippen LogP contribution in [0, 0.1) is 0 Å². The molecule has 1 unspecified atom stereocenters. The van der Waals surface area contributed by atoms with Crippen molar-refractivity contribution in [1.82, 2.24) is 5.32 Å². The van der Waals surface area contributed by atoms with Crippen molar-refractivity contribution in [1.29, 1.82) is 0 Å². The average Bonchev–Trinajstić information content (AvgIpc) is 2.61. The Morgan fingerprint density at radius 2 is 1.92 bits per heavy atom. The summed E-state index contributed by atoms with van der Waals surface area (Å²) in [6.07, 6.45) is 0.706. The number of carbonyl (C=O) groups excluding carboxylic acids is 2. The summed E-state index contributed by atoms with van der Waals surface area (Å²) < 4.78 is 10.6. The zero-order valence-corrected chi connectivity index (χ0v) is 15.2. The molecule has 0 spiro atoms. The first kappa shape index (κ1) is 19.1. The molecule has 0 aromatic heterocycles. The Morgan fingerprint density at radius 3 is 2.56 bits per heavy atom. The molecule has 2 aromatic rings. The van der Waals surface area contributed by atoms with Crippen LogP contribution < -0.4 is 14.8 Å². The van der Waals surface area contributed by atoms with E-state index in [1.165, 1.54) is 7.11 Å². The lowest BCUT2D eigenvalue weighted by molar-refractivity contribution is -0.123. The molecule has 2 rings (SSSR count). The number of ether oxygens (including phenoxy) is 2. The second-order valence-corrected chi connectivity index (χ2v) is 6.09. The van der Waals surface area contributed by atoms with E-state index in [2.05, 4.69) is 5.32 Å². The third-order valence-electron chi connectivity index (χ3n) is 3.50. The molecule has 5 nitrogen and oxygen atoms in total. The van der Waals surface area contributed by atoms with E-state index in [9.17, 15) is 9.59 Å². The van der Waals surface area contributed by atoms with Gasteiger partial charge in [0.05, 0.1) is 23.2 Å². The summed E-state index contributed by atoms with van der Waals surface area (Å²) in [5.41, 5.74) is 1.29. The van der Waals surface area contributed by atoms with Crippen LogP contribution >= 0.6 is 23.2 Å². The highest BCUT2D eigenvalue weighted by molar-refractivity contribution is 6.42. The third-order valence-corrected chi connectivity index (χ3v) is 4.24. The first-order valence-corrected chi connectivity index (χ1v) is 8.20. The molecule has 0 bridgehead atoms. The largest absolute Gasteiger partial charge is 0.493 e. The van der Waals surface area contributed by atoms with Crippen molar-refractivity contribution >= 4 is 35.4 Å². The summed E-state index contributed by atoms with van der Waals surface area (Å²) >= 11 is 11.9. The van der Waals surface area contributed by atoms with Crippen LogP contribution in [0.25, 0.3) is 0 Å². The first-order valence-electron chi connectivity index (χ1n) is 7.45. The van der Waals surface area contributed by atoms with Gasteiger partial charge in [0.2, 0.25) is 0 Å². The van der Waals surface area contributed by atoms with Gasteiger partial charge in [-0.3, -0.25) is 9.59 Å². The van der Waals surface area contributed by atoms with Crippen LogP contribution in [0.15, 0.2) is 36.4 Å². The fourth-order valence-corrected chi connectivity index (χ4v) is 2.47. The van der Waals surface area contributed by atoms with Crippen LogP contribution in [0.2, 0.25) is 10.0 Å². The number of nitrogens with one attached hydrogen (secondary N) is 1. The molecule has 1 N–H and O–H groups in total. The van der Waals surface area contributed by atoms with Crippen LogP contribution in [0.1, 0.15) is 28.9 Å². The van der Waals surface area contributed by atoms with Crippen molar-refractivity contribution in [2.75, 3.05) is 13.7 Å². The van der Waals surface area contributed by atoms with Gasteiger partial charge in [0.1, 0.15) is 6.29 Å². The van der Waals surface area contributed by atoms with Gasteiger partial charge in [0.25, 0.3) is 5.91 Å². The fraction of sp³-hybridized carbons (Fsp3) is 0.222. The molecule has 0 aliphatic heterocycles. The van der Waals surface area contributed by atoms with E-state index in [0.29, 0.717) is 33.4 Å². The van der Waals surface area contributed by atoms with Crippen molar-refractivity contribution in [2.45, 2.75) is 13.0 Å². The molecule has 0 saturated carbocycles. The van der Waals surface area contributed by atoms with Crippen molar-refractivity contribution in [3.8, 4) is 11.5 Å². The minimum Gasteiger partial charge on any atom is -0.493 e. The van der Waals surface area contributed by atoms with Gasteiger partial charge in [-0.15, -0.1) is 0 Å². The maximum Gasteiger partial charge on any atom is 0.258 e. The first-order chi connectivity index (χ1) is 11.9. The predicted octanol–water partition coefficient (Wildman–Crippen LogP) is 4.07. The Morgan fingerprint density at radius 1 is 1.16 bits per heavy atom. The highest BCUT2D eigenvalue weighted by atomic mass is 35.5. The monoisotopic (exact) mass is 381 g/mol. The number of amides is 1. The molecule has 1 atom stereocenters. The molecule has 2 aromatic carbocycles. The molecule has 0 aliphatic carbocycles. The molecular formula is C18H17Cl2NO4. The van der Waals surface area contributed by atoms with E-state index >= 15 is 0 Å². The molecular weight excluding hydrogens is 365 g/mol. The van der Waals surface area contributed by atoms with E-state index in [4.69, 9.17) is 32.7 Å². The number of hydrogen-bond acceptors (Lipinski definition) is 4. The fourth-order valence-electron chi connectivity index (χ4n) is 2.17. The van der Waals surface area contributed by atoms with Gasteiger partial charge in [0.15, 0.2) is 18.1 Å². The Labute approximate surface area is 155 Å². The predicted molar refractivity (Wildman–Crippen MR) is 96.9 cm³/mol. The molecule has 0 saturated heterocycles.